The van der Waals surface area contributed by atoms with Gasteiger partial charge in [-0.15, -0.1) is 0 Å². The van der Waals surface area contributed by atoms with Gasteiger partial charge in [-0.25, -0.2) is 0 Å². The molecule has 1 fully saturated rings. The fourth-order valence-corrected chi connectivity index (χ4v) is 1.67. The summed E-state index contributed by atoms with van der Waals surface area (Å²) in [5, 5.41) is 1.07. The van der Waals surface area contributed by atoms with Crippen molar-refractivity contribution in [3.05, 3.63) is 36.3 Å². The van der Waals surface area contributed by atoms with Gasteiger partial charge in [-0.2, -0.15) is 0 Å². The molecule has 1 aliphatic carbocycles. The number of nitrogens with zero attached hydrogens (tertiary/aromatic N) is 2. The monoisotopic (exact) mass is 185 g/mol. The molecule has 70 valence electrons. The standard InChI is InChI=1S/C11H11N3/c12-11(2-3-11)9-5-8-6-13-4-1-10(8)14-7-9/h1,4-7H,2-3,12H2. The summed E-state index contributed by atoms with van der Waals surface area (Å²) >= 11 is 0. The van der Waals surface area contributed by atoms with E-state index in [1.807, 2.05) is 18.5 Å². The first-order valence-corrected chi connectivity index (χ1v) is 4.77. The van der Waals surface area contributed by atoms with Crippen LogP contribution < -0.4 is 5.73 Å². The summed E-state index contributed by atoms with van der Waals surface area (Å²) in [5.74, 6) is 0. The van der Waals surface area contributed by atoms with E-state index in [9.17, 15) is 0 Å². The number of hydrogen-bond donors (Lipinski definition) is 1. The van der Waals surface area contributed by atoms with Crippen LogP contribution in [0.2, 0.25) is 0 Å². The van der Waals surface area contributed by atoms with Gasteiger partial charge in [-0.3, -0.25) is 9.97 Å². The van der Waals surface area contributed by atoms with E-state index in [1.165, 1.54) is 0 Å². The van der Waals surface area contributed by atoms with E-state index < -0.39 is 0 Å². The molecule has 0 amide bonds. The molecule has 0 aromatic carbocycles. The smallest absolute Gasteiger partial charge is 0.0732 e. The van der Waals surface area contributed by atoms with Gasteiger partial charge < -0.3 is 5.73 Å². The average Bonchev–Trinajstić information content (AvgIpc) is 2.97. The van der Waals surface area contributed by atoms with Crippen LogP contribution in [0.1, 0.15) is 18.4 Å². The molecule has 0 aliphatic heterocycles. The van der Waals surface area contributed by atoms with Gasteiger partial charge in [-0.1, -0.05) is 0 Å². The molecule has 1 aliphatic rings. The van der Waals surface area contributed by atoms with E-state index in [0.29, 0.717) is 0 Å². The molecule has 2 aromatic rings. The Kier molecular flexibility index (Phi) is 1.42. The SMILES string of the molecule is NC1(c2cnc3ccncc3c2)CC1. The van der Waals surface area contributed by atoms with Crippen molar-refractivity contribution in [2.24, 2.45) is 5.73 Å². The molecule has 0 bridgehead atoms. The van der Waals surface area contributed by atoms with Crippen LogP contribution >= 0.6 is 0 Å². The van der Waals surface area contributed by atoms with Gasteiger partial charge in [0, 0.05) is 29.5 Å². The number of pyridine rings is 2. The summed E-state index contributed by atoms with van der Waals surface area (Å²) < 4.78 is 0. The second-order valence-electron chi connectivity index (χ2n) is 3.95. The maximum Gasteiger partial charge on any atom is 0.0732 e. The van der Waals surface area contributed by atoms with Gasteiger partial charge in [0.15, 0.2) is 0 Å². The lowest BCUT2D eigenvalue weighted by Crippen LogP contribution is -2.18. The summed E-state index contributed by atoms with van der Waals surface area (Å²) in [5.41, 5.74) is 8.11. The number of fused-ring (bicyclic) bond motifs is 1. The quantitative estimate of drug-likeness (QED) is 0.733. The van der Waals surface area contributed by atoms with Crippen molar-refractivity contribution in [3.8, 4) is 0 Å². The molecule has 14 heavy (non-hydrogen) atoms. The second kappa shape index (κ2) is 2.51. The van der Waals surface area contributed by atoms with Crippen LogP contribution in [0.4, 0.5) is 0 Å². The van der Waals surface area contributed by atoms with Crippen LogP contribution in [0, 0.1) is 0 Å². The Morgan fingerprint density at radius 2 is 2.14 bits per heavy atom. The minimum absolute atomic E-state index is 0.100. The number of aromatic nitrogens is 2. The highest BCUT2D eigenvalue weighted by molar-refractivity contribution is 5.77. The Balaban J connectivity index is 2.20. The Morgan fingerprint density at radius 1 is 1.29 bits per heavy atom. The lowest BCUT2D eigenvalue weighted by atomic mass is 10.1. The molecule has 3 heteroatoms. The predicted octanol–water partition coefficient (Wildman–Crippen LogP) is 1.58. The summed E-state index contributed by atoms with van der Waals surface area (Å²) in [4.78, 5) is 8.44. The van der Waals surface area contributed by atoms with Gasteiger partial charge in [0.25, 0.3) is 0 Å². The molecule has 2 aromatic heterocycles. The van der Waals surface area contributed by atoms with Crippen molar-refractivity contribution in [2.45, 2.75) is 18.4 Å². The third-order valence-corrected chi connectivity index (χ3v) is 2.85. The zero-order chi connectivity index (χ0) is 9.60. The lowest BCUT2D eigenvalue weighted by molar-refractivity contribution is 0.737. The molecule has 2 N–H and O–H groups in total. The molecule has 0 atom stereocenters. The largest absolute Gasteiger partial charge is 0.321 e. The van der Waals surface area contributed by atoms with Crippen molar-refractivity contribution in [1.82, 2.24) is 9.97 Å². The summed E-state index contributed by atoms with van der Waals surface area (Å²) in [6.45, 7) is 0. The number of nitrogens with two attached hydrogens (primary N) is 1. The first kappa shape index (κ1) is 7.88. The Hall–Kier alpha value is -1.48. The molecule has 2 heterocycles. The normalized spacial score (nSPS) is 18.4. The number of rotatable bonds is 1. The van der Waals surface area contributed by atoms with E-state index in [2.05, 4.69) is 16.0 Å². The molecule has 3 rings (SSSR count). The Labute approximate surface area is 82.0 Å². The third kappa shape index (κ3) is 1.09. The molecular formula is C11H11N3. The van der Waals surface area contributed by atoms with Crippen molar-refractivity contribution >= 4 is 10.9 Å². The van der Waals surface area contributed by atoms with Gasteiger partial charge in [0.2, 0.25) is 0 Å². The molecule has 3 nitrogen and oxygen atoms in total. The van der Waals surface area contributed by atoms with Crippen LogP contribution in [0.25, 0.3) is 10.9 Å². The highest BCUT2D eigenvalue weighted by Gasteiger charge is 2.40. The van der Waals surface area contributed by atoms with Crippen molar-refractivity contribution in [3.63, 3.8) is 0 Å². The maximum absolute atomic E-state index is 6.10. The topological polar surface area (TPSA) is 51.8 Å². The van der Waals surface area contributed by atoms with Crippen LogP contribution in [-0.4, -0.2) is 9.97 Å². The molecule has 0 saturated heterocycles. The fourth-order valence-electron chi connectivity index (χ4n) is 1.67. The Morgan fingerprint density at radius 3 is 2.93 bits per heavy atom. The predicted molar refractivity (Wildman–Crippen MR) is 54.6 cm³/mol. The van der Waals surface area contributed by atoms with Crippen LogP contribution in [-0.2, 0) is 5.54 Å². The zero-order valence-electron chi connectivity index (χ0n) is 7.77. The van der Waals surface area contributed by atoms with Crippen molar-refractivity contribution in [2.75, 3.05) is 0 Å². The lowest BCUT2D eigenvalue weighted by Gasteiger charge is -2.08. The molecule has 0 radical (unpaired) electrons. The molecule has 0 unspecified atom stereocenters. The minimum Gasteiger partial charge on any atom is -0.321 e. The highest BCUT2D eigenvalue weighted by Crippen LogP contribution is 2.42. The van der Waals surface area contributed by atoms with E-state index in [0.717, 1.165) is 29.3 Å². The minimum atomic E-state index is -0.100. The van der Waals surface area contributed by atoms with Gasteiger partial charge in [-0.05, 0) is 30.5 Å². The van der Waals surface area contributed by atoms with Gasteiger partial charge >= 0.3 is 0 Å². The van der Waals surface area contributed by atoms with Crippen molar-refractivity contribution in [1.29, 1.82) is 0 Å². The summed E-state index contributed by atoms with van der Waals surface area (Å²) in [6.07, 6.45) is 7.61. The van der Waals surface area contributed by atoms with Crippen LogP contribution in [0.5, 0.6) is 0 Å². The van der Waals surface area contributed by atoms with E-state index in [4.69, 9.17) is 5.73 Å². The maximum atomic E-state index is 6.10. The summed E-state index contributed by atoms with van der Waals surface area (Å²) in [7, 11) is 0. The highest BCUT2D eigenvalue weighted by atomic mass is 14.8. The second-order valence-corrected chi connectivity index (χ2v) is 3.95. The first-order valence-electron chi connectivity index (χ1n) is 4.77. The molecule has 1 saturated carbocycles. The average molecular weight is 185 g/mol. The van der Waals surface area contributed by atoms with Gasteiger partial charge in [0.05, 0.1) is 5.52 Å². The van der Waals surface area contributed by atoms with E-state index in [1.54, 1.807) is 6.20 Å². The van der Waals surface area contributed by atoms with E-state index in [-0.39, 0.29) is 5.54 Å². The third-order valence-electron chi connectivity index (χ3n) is 2.85. The van der Waals surface area contributed by atoms with Crippen LogP contribution in [0.3, 0.4) is 0 Å². The van der Waals surface area contributed by atoms with Crippen molar-refractivity contribution < 1.29 is 0 Å². The van der Waals surface area contributed by atoms with Gasteiger partial charge in [0.1, 0.15) is 0 Å². The van der Waals surface area contributed by atoms with Crippen LogP contribution in [0.15, 0.2) is 30.7 Å². The number of hydrogen-bond acceptors (Lipinski definition) is 3. The molecule has 0 spiro atoms. The fraction of sp³-hybridized carbons (Fsp3) is 0.273. The Bertz CT molecular complexity index is 489. The zero-order valence-corrected chi connectivity index (χ0v) is 7.77. The first-order chi connectivity index (χ1) is 6.78. The van der Waals surface area contributed by atoms with E-state index >= 15 is 0 Å². The molecular weight excluding hydrogens is 174 g/mol. The summed E-state index contributed by atoms with van der Waals surface area (Å²) in [6, 6.07) is 4.01.